The summed E-state index contributed by atoms with van der Waals surface area (Å²) in [5, 5.41) is 5.96. The molecule has 0 radical (unpaired) electrons. The molecular formula is C19H16N2OS. The van der Waals surface area contributed by atoms with Gasteiger partial charge in [-0.1, -0.05) is 60.7 Å². The maximum absolute atomic E-state index is 11.7. The number of thiophene rings is 1. The summed E-state index contributed by atoms with van der Waals surface area (Å²) in [6.45, 7) is 0. The molecule has 0 aliphatic carbocycles. The van der Waals surface area contributed by atoms with Gasteiger partial charge in [0.2, 0.25) is 5.91 Å². The van der Waals surface area contributed by atoms with Gasteiger partial charge in [0.15, 0.2) is 0 Å². The number of amides is 1. The second-order valence-corrected chi connectivity index (χ2v) is 6.07. The summed E-state index contributed by atoms with van der Waals surface area (Å²) >= 11 is 1.57. The molecule has 0 unspecified atom stereocenters. The zero-order chi connectivity index (χ0) is 15.9. The molecule has 0 atom stereocenters. The Hall–Kier alpha value is -2.72. The minimum atomic E-state index is -0.107. The van der Waals surface area contributed by atoms with Crippen LogP contribution in [0.5, 0.6) is 0 Å². The van der Waals surface area contributed by atoms with E-state index in [2.05, 4.69) is 22.7 Å². The van der Waals surface area contributed by atoms with Crippen LogP contribution in [0.4, 0.5) is 0 Å². The van der Waals surface area contributed by atoms with Crippen molar-refractivity contribution >= 4 is 23.5 Å². The monoisotopic (exact) mass is 320 g/mol. The second-order valence-electron chi connectivity index (χ2n) is 5.04. The SMILES string of the molecule is O=C(Cc1cccs1)N/N=C\c1ccc(-c2ccccc2)cc1. The van der Waals surface area contributed by atoms with E-state index in [0.717, 1.165) is 16.0 Å². The number of hydrazone groups is 1. The van der Waals surface area contributed by atoms with Crippen LogP contribution in [0.2, 0.25) is 0 Å². The van der Waals surface area contributed by atoms with Crippen LogP contribution in [0, 0.1) is 0 Å². The molecule has 0 saturated carbocycles. The number of benzene rings is 2. The highest BCUT2D eigenvalue weighted by Crippen LogP contribution is 2.18. The van der Waals surface area contributed by atoms with E-state index in [0.29, 0.717) is 6.42 Å². The van der Waals surface area contributed by atoms with E-state index in [1.165, 1.54) is 5.56 Å². The fourth-order valence-corrected chi connectivity index (χ4v) is 2.89. The number of nitrogens with zero attached hydrogens (tertiary/aromatic N) is 1. The average Bonchev–Trinajstić information content (AvgIpc) is 3.09. The van der Waals surface area contributed by atoms with Crippen molar-refractivity contribution < 1.29 is 4.79 Å². The first kappa shape index (κ1) is 15.2. The van der Waals surface area contributed by atoms with Gasteiger partial charge >= 0.3 is 0 Å². The average molecular weight is 320 g/mol. The number of rotatable bonds is 5. The van der Waals surface area contributed by atoms with Gasteiger partial charge in [-0.2, -0.15) is 5.10 Å². The van der Waals surface area contributed by atoms with Gasteiger partial charge in [-0.25, -0.2) is 5.43 Å². The van der Waals surface area contributed by atoms with Crippen molar-refractivity contribution in [3.8, 4) is 11.1 Å². The summed E-state index contributed by atoms with van der Waals surface area (Å²) in [7, 11) is 0. The maximum Gasteiger partial charge on any atom is 0.245 e. The fourth-order valence-electron chi connectivity index (χ4n) is 2.18. The summed E-state index contributed by atoms with van der Waals surface area (Å²) in [5.74, 6) is -0.107. The summed E-state index contributed by atoms with van der Waals surface area (Å²) in [6.07, 6.45) is 2.02. The van der Waals surface area contributed by atoms with Gasteiger partial charge in [0.05, 0.1) is 12.6 Å². The molecule has 0 aliphatic rings. The highest BCUT2D eigenvalue weighted by atomic mass is 32.1. The molecule has 3 rings (SSSR count). The predicted molar refractivity (Wildman–Crippen MR) is 95.6 cm³/mol. The Labute approximate surface area is 139 Å². The molecule has 23 heavy (non-hydrogen) atoms. The molecule has 0 bridgehead atoms. The summed E-state index contributed by atoms with van der Waals surface area (Å²) in [5.41, 5.74) is 5.84. The van der Waals surface area contributed by atoms with E-state index >= 15 is 0 Å². The van der Waals surface area contributed by atoms with Crippen LogP contribution < -0.4 is 5.43 Å². The number of hydrogen-bond acceptors (Lipinski definition) is 3. The summed E-state index contributed by atoms with van der Waals surface area (Å²) < 4.78 is 0. The van der Waals surface area contributed by atoms with Crippen molar-refractivity contribution in [2.24, 2.45) is 5.10 Å². The Bertz CT molecular complexity index is 778. The number of carbonyl (C=O) groups is 1. The minimum absolute atomic E-state index is 0.107. The zero-order valence-corrected chi connectivity index (χ0v) is 13.3. The third kappa shape index (κ3) is 4.37. The van der Waals surface area contributed by atoms with Gasteiger partial charge in [0, 0.05) is 4.88 Å². The molecule has 3 nitrogen and oxygen atoms in total. The van der Waals surface area contributed by atoms with Crippen LogP contribution in [0.25, 0.3) is 11.1 Å². The van der Waals surface area contributed by atoms with Crippen molar-refractivity contribution in [2.45, 2.75) is 6.42 Å². The minimum Gasteiger partial charge on any atom is -0.273 e. The van der Waals surface area contributed by atoms with Crippen molar-refractivity contribution in [1.82, 2.24) is 5.43 Å². The number of nitrogens with one attached hydrogen (secondary N) is 1. The van der Waals surface area contributed by atoms with Gasteiger partial charge in [-0.15, -0.1) is 11.3 Å². The molecule has 114 valence electrons. The standard InChI is InChI=1S/C19H16N2OS/c22-19(13-18-7-4-12-23-18)21-20-14-15-8-10-17(11-9-15)16-5-2-1-3-6-16/h1-12,14H,13H2,(H,21,22)/b20-14-. The lowest BCUT2D eigenvalue weighted by Crippen LogP contribution is -2.19. The van der Waals surface area contributed by atoms with Gasteiger partial charge < -0.3 is 0 Å². The van der Waals surface area contributed by atoms with E-state index in [1.54, 1.807) is 17.6 Å². The third-order valence-corrected chi connectivity index (χ3v) is 4.21. The topological polar surface area (TPSA) is 41.5 Å². The van der Waals surface area contributed by atoms with E-state index < -0.39 is 0 Å². The smallest absolute Gasteiger partial charge is 0.245 e. The zero-order valence-electron chi connectivity index (χ0n) is 12.5. The number of carbonyl (C=O) groups excluding carboxylic acids is 1. The molecule has 1 aromatic heterocycles. The van der Waals surface area contributed by atoms with Crippen LogP contribution in [0.3, 0.4) is 0 Å². The van der Waals surface area contributed by atoms with Crippen LogP contribution in [-0.4, -0.2) is 12.1 Å². The van der Waals surface area contributed by atoms with Crippen molar-refractivity contribution in [1.29, 1.82) is 0 Å². The molecule has 1 heterocycles. The maximum atomic E-state index is 11.7. The van der Waals surface area contributed by atoms with Crippen LogP contribution in [0.1, 0.15) is 10.4 Å². The van der Waals surface area contributed by atoms with E-state index in [1.807, 2.05) is 60.0 Å². The number of hydrogen-bond donors (Lipinski definition) is 1. The Morgan fingerprint density at radius 3 is 2.39 bits per heavy atom. The molecular weight excluding hydrogens is 304 g/mol. The Morgan fingerprint density at radius 2 is 1.70 bits per heavy atom. The lowest BCUT2D eigenvalue weighted by atomic mass is 10.0. The largest absolute Gasteiger partial charge is 0.273 e. The molecule has 0 aliphatic heterocycles. The quantitative estimate of drug-likeness (QED) is 0.558. The third-order valence-electron chi connectivity index (χ3n) is 3.34. The summed E-state index contributed by atoms with van der Waals surface area (Å²) in [6, 6.07) is 22.1. The summed E-state index contributed by atoms with van der Waals surface area (Å²) in [4.78, 5) is 12.8. The highest BCUT2D eigenvalue weighted by molar-refractivity contribution is 7.10. The molecule has 4 heteroatoms. The molecule has 0 saturated heterocycles. The first-order chi connectivity index (χ1) is 11.3. The fraction of sp³-hybridized carbons (Fsp3) is 0.0526. The highest BCUT2D eigenvalue weighted by Gasteiger charge is 2.02. The van der Waals surface area contributed by atoms with Crippen molar-refractivity contribution in [3.05, 3.63) is 82.6 Å². The first-order valence-electron chi connectivity index (χ1n) is 7.31. The van der Waals surface area contributed by atoms with E-state index in [-0.39, 0.29) is 5.91 Å². The van der Waals surface area contributed by atoms with Crippen LogP contribution >= 0.6 is 11.3 Å². The normalized spacial score (nSPS) is 10.8. The molecule has 3 aromatic rings. The molecule has 1 amide bonds. The first-order valence-corrected chi connectivity index (χ1v) is 8.19. The van der Waals surface area contributed by atoms with Gasteiger partial charge in [0.1, 0.15) is 0 Å². The Morgan fingerprint density at radius 1 is 0.957 bits per heavy atom. The Kier molecular flexibility index (Phi) is 4.96. The Balaban J connectivity index is 1.57. The lowest BCUT2D eigenvalue weighted by molar-refractivity contribution is -0.120. The molecule has 0 spiro atoms. The molecule has 1 N–H and O–H groups in total. The van der Waals surface area contributed by atoms with Gasteiger partial charge in [-0.05, 0) is 28.1 Å². The molecule has 2 aromatic carbocycles. The van der Waals surface area contributed by atoms with Gasteiger partial charge in [-0.3, -0.25) is 4.79 Å². The van der Waals surface area contributed by atoms with E-state index in [4.69, 9.17) is 0 Å². The van der Waals surface area contributed by atoms with Gasteiger partial charge in [0.25, 0.3) is 0 Å². The van der Waals surface area contributed by atoms with Crippen LogP contribution in [-0.2, 0) is 11.2 Å². The van der Waals surface area contributed by atoms with Crippen molar-refractivity contribution in [2.75, 3.05) is 0 Å². The second kappa shape index (κ2) is 7.51. The van der Waals surface area contributed by atoms with Crippen molar-refractivity contribution in [3.63, 3.8) is 0 Å². The van der Waals surface area contributed by atoms with Crippen LogP contribution in [0.15, 0.2) is 77.2 Å². The predicted octanol–water partition coefficient (Wildman–Crippen LogP) is 4.11. The molecule has 0 fully saturated rings. The lowest BCUT2D eigenvalue weighted by Gasteiger charge is -2.02. The van der Waals surface area contributed by atoms with E-state index in [9.17, 15) is 4.79 Å².